The molecule has 23 heavy (non-hydrogen) atoms. The van der Waals surface area contributed by atoms with Gasteiger partial charge in [0, 0.05) is 37.1 Å². The number of piperidine rings is 1. The SMILES string of the molecule is CC(C)N1CCCC[C@H]1C(=O)NCCC(=O)Nc1ccncc1. The lowest BCUT2D eigenvalue weighted by molar-refractivity contribution is -0.128. The van der Waals surface area contributed by atoms with Crippen molar-refractivity contribution in [2.45, 2.75) is 51.6 Å². The van der Waals surface area contributed by atoms with Crippen molar-refractivity contribution >= 4 is 17.5 Å². The first-order chi connectivity index (χ1) is 11.1. The summed E-state index contributed by atoms with van der Waals surface area (Å²) in [5, 5.41) is 5.68. The molecule has 1 aromatic heterocycles. The van der Waals surface area contributed by atoms with Crippen molar-refractivity contribution in [3.05, 3.63) is 24.5 Å². The van der Waals surface area contributed by atoms with Crippen LogP contribution in [-0.2, 0) is 9.59 Å². The summed E-state index contributed by atoms with van der Waals surface area (Å²) in [7, 11) is 0. The van der Waals surface area contributed by atoms with Gasteiger partial charge < -0.3 is 10.6 Å². The van der Waals surface area contributed by atoms with Crippen LogP contribution in [0.2, 0.25) is 0 Å². The minimum absolute atomic E-state index is 0.0371. The summed E-state index contributed by atoms with van der Waals surface area (Å²) in [6.45, 7) is 5.57. The highest BCUT2D eigenvalue weighted by atomic mass is 16.2. The average molecular weight is 318 g/mol. The van der Waals surface area contributed by atoms with Gasteiger partial charge in [0.15, 0.2) is 0 Å². The molecule has 1 aliphatic rings. The van der Waals surface area contributed by atoms with Gasteiger partial charge in [-0.05, 0) is 45.4 Å². The Morgan fingerprint density at radius 1 is 1.30 bits per heavy atom. The Bertz CT molecular complexity index is 519. The third-order valence-electron chi connectivity index (χ3n) is 4.13. The van der Waals surface area contributed by atoms with Crippen molar-refractivity contribution < 1.29 is 9.59 Å². The van der Waals surface area contributed by atoms with Crippen LogP contribution < -0.4 is 10.6 Å². The second kappa shape index (κ2) is 8.62. The molecule has 0 aliphatic carbocycles. The lowest BCUT2D eigenvalue weighted by Crippen LogP contribution is -2.52. The van der Waals surface area contributed by atoms with E-state index in [1.807, 2.05) is 0 Å². The van der Waals surface area contributed by atoms with Crippen LogP contribution in [0.3, 0.4) is 0 Å². The molecule has 2 amide bonds. The van der Waals surface area contributed by atoms with E-state index >= 15 is 0 Å². The van der Waals surface area contributed by atoms with Crippen LogP contribution in [0.15, 0.2) is 24.5 Å². The van der Waals surface area contributed by atoms with Crippen molar-refractivity contribution in [2.75, 3.05) is 18.4 Å². The van der Waals surface area contributed by atoms with Crippen LogP contribution in [0.25, 0.3) is 0 Å². The molecule has 2 N–H and O–H groups in total. The van der Waals surface area contributed by atoms with Crippen molar-refractivity contribution in [1.29, 1.82) is 0 Å². The van der Waals surface area contributed by atoms with Gasteiger partial charge in [-0.15, -0.1) is 0 Å². The van der Waals surface area contributed by atoms with E-state index in [0.717, 1.165) is 31.5 Å². The molecule has 0 bridgehead atoms. The second-order valence-corrected chi connectivity index (χ2v) is 6.17. The smallest absolute Gasteiger partial charge is 0.237 e. The molecule has 0 saturated carbocycles. The fourth-order valence-corrected chi connectivity index (χ4v) is 2.93. The molecule has 0 unspecified atom stereocenters. The summed E-state index contributed by atoms with van der Waals surface area (Å²) >= 11 is 0. The van der Waals surface area contributed by atoms with E-state index in [9.17, 15) is 9.59 Å². The van der Waals surface area contributed by atoms with Gasteiger partial charge in [-0.2, -0.15) is 0 Å². The highest BCUT2D eigenvalue weighted by Gasteiger charge is 2.29. The second-order valence-electron chi connectivity index (χ2n) is 6.17. The third-order valence-corrected chi connectivity index (χ3v) is 4.13. The molecule has 1 aliphatic heterocycles. The van der Waals surface area contributed by atoms with Crippen LogP contribution in [0.1, 0.15) is 39.5 Å². The molecular formula is C17H26N4O2. The number of likely N-dealkylation sites (tertiary alicyclic amines) is 1. The molecule has 1 saturated heterocycles. The highest BCUT2D eigenvalue weighted by Crippen LogP contribution is 2.19. The fraction of sp³-hybridized carbons (Fsp3) is 0.588. The number of hydrogen-bond donors (Lipinski definition) is 2. The number of carbonyl (C=O) groups is 2. The molecule has 6 nitrogen and oxygen atoms in total. The normalized spacial score (nSPS) is 18.7. The van der Waals surface area contributed by atoms with E-state index in [1.165, 1.54) is 0 Å². The largest absolute Gasteiger partial charge is 0.354 e. The Balaban J connectivity index is 1.74. The number of aromatic nitrogens is 1. The van der Waals surface area contributed by atoms with E-state index in [-0.39, 0.29) is 24.3 Å². The summed E-state index contributed by atoms with van der Waals surface area (Å²) in [5.41, 5.74) is 0.717. The van der Waals surface area contributed by atoms with Gasteiger partial charge in [0.25, 0.3) is 0 Å². The topological polar surface area (TPSA) is 74.3 Å². The standard InChI is InChI=1S/C17H26N4O2/c1-13(2)21-12-4-3-5-15(21)17(23)19-11-8-16(22)20-14-6-9-18-10-7-14/h6-7,9-10,13,15H,3-5,8,11-12H2,1-2H3,(H,19,23)(H,18,20,22)/t15-/m0/s1. The summed E-state index contributed by atoms with van der Waals surface area (Å²) in [6.07, 6.45) is 6.65. The number of pyridine rings is 1. The molecule has 6 heteroatoms. The number of carbonyl (C=O) groups excluding carboxylic acids is 2. The van der Waals surface area contributed by atoms with Gasteiger partial charge >= 0.3 is 0 Å². The van der Waals surface area contributed by atoms with E-state index in [2.05, 4.69) is 34.4 Å². The Morgan fingerprint density at radius 3 is 2.74 bits per heavy atom. The van der Waals surface area contributed by atoms with Crippen LogP contribution in [0, 0.1) is 0 Å². The Kier molecular flexibility index (Phi) is 6.52. The minimum atomic E-state index is -0.110. The molecule has 1 aromatic rings. The maximum atomic E-state index is 12.4. The number of amides is 2. The molecule has 1 fully saturated rings. The number of rotatable bonds is 6. The summed E-state index contributed by atoms with van der Waals surface area (Å²) < 4.78 is 0. The molecule has 0 radical (unpaired) electrons. The van der Waals surface area contributed by atoms with E-state index < -0.39 is 0 Å². The van der Waals surface area contributed by atoms with Gasteiger partial charge in [-0.1, -0.05) is 6.42 Å². The monoisotopic (exact) mass is 318 g/mol. The van der Waals surface area contributed by atoms with Crippen LogP contribution in [-0.4, -0.2) is 46.9 Å². The highest BCUT2D eigenvalue weighted by molar-refractivity contribution is 5.91. The summed E-state index contributed by atoms with van der Waals surface area (Å²) in [4.78, 5) is 30.4. The number of nitrogens with one attached hydrogen (secondary N) is 2. The zero-order valence-electron chi connectivity index (χ0n) is 13.9. The maximum Gasteiger partial charge on any atom is 0.237 e. The first-order valence-electron chi connectivity index (χ1n) is 8.31. The van der Waals surface area contributed by atoms with Crippen LogP contribution >= 0.6 is 0 Å². The first kappa shape index (κ1) is 17.4. The van der Waals surface area contributed by atoms with Crippen LogP contribution in [0.4, 0.5) is 5.69 Å². The zero-order valence-corrected chi connectivity index (χ0v) is 13.9. The quantitative estimate of drug-likeness (QED) is 0.838. The van der Waals surface area contributed by atoms with E-state index in [0.29, 0.717) is 12.6 Å². The van der Waals surface area contributed by atoms with Crippen molar-refractivity contribution in [2.24, 2.45) is 0 Å². The van der Waals surface area contributed by atoms with Crippen molar-refractivity contribution in [3.8, 4) is 0 Å². The molecule has 0 spiro atoms. The predicted molar refractivity (Wildman–Crippen MR) is 90.0 cm³/mol. The molecule has 0 aromatic carbocycles. The lowest BCUT2D eigenvalue weighted by atomic mass is 9.99. The molecule has 2 rings (SSSR count). The van der Waals surface area contributed by atoms with E-state index in [4.69, 9.17) is 0 Å². The van der Waals surface area contributed by atoms with Gasteiger partial charge in [0.1, 0.15) is 0 Å². The fourth-order valence-electron chi connectivity index (χ4n) is 2.93. The lowest BCUT2D eigenvalue weighted by Gasteiger charge is -2.37. The van der Waals surface area contributed by atoms with Crippen LogP contribution in [0.5, 0.6) is 0 Å². The predicted octanol–water partition coefficient (Wildman–Crippen LogP) is 1.79. The van der Waals surface area contributed by atoms with Gasteiger partial charge in [-0.3, -0.25) is 19.5 Å². The van der Waals surface area contributed by atoms with Crippen molar-refractivity contribution in [1.82, 2.24) is 15.2 Å². The van der Waals surface area contributed by atoms with Gasteiger partial charge in [0.05, 0.1) is 6.04 Å². The zero-order chi connectivity index (χ0) is 16.7. The summed E-state index contributed by atoms with van der Waals surface area (Å²) in [5.74, 6) is -0.0732. The molecule has 2 heterocycles. The third kappa shape index (κ3) is 5.32. The number of hydrogen-bond acceptors (Lipinski definition) is 4. The van der Waals surface area contributed by atoms with Gasteiger partial charge in [-0.25, -0.2) is 0 Å². The number of nitrogens with zero attached hydrogens (tertiary/aromatic N) is 2. The minimum Gasteiger partial charge on any atom is -0.354 e. The maximum absolute atomic E-state index is 12.4. The average Bonchev–Trinajstić information content (AvgIpc) is 2.55. The van der Waals surface area contributed by atoms with Crippen molar-refractivity contribution in [3.63, 3.8) is 0 Å². The Labute approximate surface area is 137 Å². The van der Waals surface area contributed by atoms with E-state index in [1.54, 1.807) is 24.5 Å². The first-order valence-corrected chi connectivity index (χ1v) is 8.31. The van der Waals surface area contributed by atoms with Gasteiger partial charge in [0.2, 0.25) is 11.8 Å². The Hall–Kier alpha value is -1.95. The molecule has 126 valence electrons. The number of anilines is 1. The molecule has 1 atom stereocenters. The summed E-state index contributed by atoms with van der Waals surface area (Å²) in [6, 6.07) is 3.77. The molecular weight excluding hydrogens is 292 g/mol. The Morgan fingerprint density at radius 2 is 2.04 bits per heavy atom.